The van der Waals surface area contributed by atoms with Gasteiger partial charge in [-0.1, -0.05) is 29.8 Å². The molecule has 4 heteroatoms. The summed E-state index contributed by atoms with van der Waals surface area (Å²) in [5.41, 5.74) is 7.89. The Bertz CT molecular complexity index is 584. The Morgan fingerprint density at radius 1 is 1.15 bits per heavy atom. The van der Waals surface area contributed by atoms with E-state index in [9.17, 15) is 0 Å². The molecule has 0 unspecified atom stereocenters. The Morgan fingerprint density at radius 2 is 1.85 bits per heavy atom. The predicted octanol–water partition coefficient (Wildman–Crippen LogP) is 3.95. The van der Waals surface area contributed by atoms with Crippen molar-refractivity contribution in [1.82, 2.24) is 0 Å². The second-order valence-electron chi connectivity index (χ2n) is 4.58. The van der Waals surface area contributed by atoms with Gasteiger partial charge in [-0.3, -0.25) is 0 Å². The third-order valence-electron chi connectivity index (χ3n) is 2.98. The van der Waals surface area contributed by atoms with Gasteiger partial charge in [-0.25, -0.2) is 0 Å². The standard InChI is InChI=1S/C16H18ClNO2/c1-11(18)16-14(19-2)7-4-8-15(16)20-10-12-5-3-6-13(17)9-12/h3-9,11H,10,18H2,1-2H3/t11-/m0/s1. The molecule has 0 aliphatic heterocycles. The summed E-state index contributed by atoms with van der Waals surface area (Å²) in [6.07, 6.45) is 0. The second-order valence-corrected chi connectivity index (χ2v) is 5.02. The minimum Gasteiger partial charge on any atom is -0.496 e. The highest BCUT2D eigenvalue weighted by molar-refractivity contribution is 6.30. The number of halogens is 1. The van der Waals surface area contributed by atoms with E-state index in [-0.39, 0.29) is 6.04 Å². The fraction of sp³-hybridized carbons (Fsp3) is 0.250. The quantitative estimate of drug-likeness (QED) is 0.907. The number of rotatable bonds is 5. The van der Waals surface area contributed by atoms with Gasteiger partial charge in [-0.2, -0.15) is 0 Å². The van der Waals surface area contributed by atoms with Crippen LogP contribution in [0.1, 0.15) is 24.1 Å². The number of benzene rings is 2. The lowest BCUT2D eigenvalue weighted by Gasteiger charge is -2.17. The van der Waals surface area contributed by atoms with E-state index in [0.29, 0.717) is 11.6 Å². The van der Waals surface area contributed by atoms with E-state index >= 15 is 0 Å². The molecule has 0 saturated heterocycles. The zero-order valence-electron chi connectivity index (χ0n) is 11.6. The molecule has 2 N–H and O–H groups in total. The number of hydrogen-bond donors (Lipinski definition) is 1. The van der Waals surface area contributed by atoms with Crippen molar-refractivity contribution in [2.75, 3.05) is 7.11 Å². The smallest absolute Gasteiger partial charge is 0.128 e. The summed E-state index contributed by atoms with van der Waals surface area (Å²) in [7, 11) is 1.63. The van der Waals surface area contributed by atoms with Crippen molar-refractivity contribution in [3.63, 3.8) is 0 Å². The molecule has 2 rings (SSSR count). The van der Waals surface area contributed by atoms with Crippen LogP contribution in [0.2, 0.25) is 5.02 Å². The second kappa shape index (κ2) is 6.64. The first-order chi connectivity index (χ1) is 9.61. The summed E-state index contributed by atoms with van der Waals surface area (Å²) >= 11 is 5.96. The predicted molar refractivity (Wildman–Crippen MR) is 81.4 cm³/mol. The summed E-state index contributed by atoms with van der Waals surface area (Å²) in [6, 6.07) is 13.1. The largest absolute Gasteiger partial charge is 0.496 e. The molecule has 2 aromatic rings. The Balaban J connectivity index is 2.21. The molecule has 1 atom stereocenters. The van der Waals surface area contributed by atoms with Gasteiger partial charge in [0.15, 0.2) is 0 Å². The summed E-state index contributed by atoms with van der Waals surface area (Å²) < 4.78 is 11.2. The Labute approximate surface area is 124 Å². The summed E-state index contributed by atoms with van der Waals surface area (Å²) in [4.78, 5) is 0. The number of hydrogen-bond acceptors (Lipinski definition) is 3. The average Bonchev–Trinajstić information content (AvgIpc) is 2.44. The van der Waals surface area contributed by atoms with Crippen molar-refractivity contribution in [1.29, 1.82) is 0 Å². The lowest BCUT2D eigenvalue weighted by Crippen LogP contribution is -2.10. The maximum atomic E-state index is 6.00. The van der Waals surface area contributed by atoms with E-state index in [4.69, 9.17) is 26.8 Å². The molecule has 0 aromatic heterocycles. The van der Waals surface area contributed by atoms with Crippen molar-refractivity contribution < 1.29 is 9.47 Å². The molecule has 0 spiro atoms. The van der Waals surface area contributed by atoms with Crippen LogP contribution < -0.4 is 15.2 Å². The normalized spacial score (nSPS) is 12.0. The van der Waals surface area contributed by atoms with Crippen molar-refractivity contribution in [3.8, 4) is 11.5 Å². The van der Waals surface area contributed by atoms with Gasteiger partial charge in [-0.15, -0.1) is 0 Å². The molecular formula is C16H18ClNO2. The first-order valence-electron chi connectivity index (χ1n) is 6.41. The lowest BCUT2D eigenvalue weighted by molar-refractivity contribution is 0.297. The van der Waals surface area contributed by atoms with Crippen LogP contribution in [0.15, 0.2) is 42.5 Å². The van der Waals surface area contributed by atoms with Crippen LogP contribution in [-0.2, 0) is 6.61 Å². The van der Waals surface area contributed by atoms with Gasteiger partial charge >= 0.3 is 0 Å². The monoisotopic (exact) mass is 291 g/mol. The third-order valence-corrected chi connectivity index (χ3v) is 3.22. The minimum absolute atomic E-state index is 0.166. The number of ether oxygens (including phenoxy) is 2. The highest BCUT2D eigenvalue weighted by atomic mass is 35.5. The van der Waals surface area contributed by atoms with Gasteiger partial charge in [-0.05, 0) is 36.8 Å². The summed E-state index contributed by atoms with van der Waals surface area (Å²) in [6.45, 7) is 2.34. The molecule has 0 fully saturated rings. The van der Waals surface area contributed by atoms with Crippen molar-refractivity contribution in [2.45, 2.75) is 19.6 Å². The van der Waals surface area contributed by atoms with E-state index in [0.717, 1.165) is 22.6 Å². The molecule has 0 saturated carbocycles. The molecule has 3 nitrogen and oxygen atoms in total. The topological polar surface area (TPSA) is 44.5 Å². The van der Waals surface area contributed by atoms with Gasteiger partial charge < -0.3 is 15.2 Å². The van der Waals surface area contributed by atoms with Gasteiger partial charge in [0, 0.05) is 11.1 Å². The molecule has 106 valence electrons. The van der Waals surface area contributed by atoms with E-state index in [1.807, 2.05) is 49.4 Å². The molecule has 2 aromatic carbocycles. The van der Waals surface area contributed by atoms with Gasteiger partial charge in [0.05, 0.1) is 12.7 Å². The van der Waals surface area contributed by atoms with Crippen LogP contribution in [-0.4, -0.2) is 7.11 Å². The number of methoxy groups -OCH3 is 1. The fourth-order valence-electron chi connectivity index (χ4n) is 2.06. The maximum Gasteiger partial charge on any atom is 0.128 e. The summed E-state index contributed by atoms with van der Waals surface area (Å²) in [5.74, 6) is 1.47. The van der Waals surface area contributed by atoms with E-state index in [2.05, 4.69) is 0 Å². The fourth-order valence-corrected chi connectivity index (χ4v) is 2.28. The molecular weight excluding hydrogens is 274 g/mol. The highest BCUT2D eigenvalue weighted by Gasteiger charge is 2.14. The molecule has 0 radical (unpaired) electrons. The van der Waals surface area contributed by atoms with Gasteiger partial charge in [0.2, 0.25) is 0 Å². The van der Waals surface area contributed by atoms with Crippen LogP contribution in [0.3, 0.4) is 0 Å². The first kappa shape index (κ1) is 14.7. The average molecular weight is 292 g/mol. The molecule has 0 aliphatic carbocycles. The zero-order valence-corrected chi connectivity index (χ0v) is 12.4. The minimum atomic E-state index is -0.166. The van der Waals surface area contributed by atoms with E-state index in [1.54, 1.807) is 7.11 Å². The van der Waals surface area contributed by atoms with E-state index in [1.165, 1.54) is 0 Å². The molecule has 0 aliphatic rings. The van der Waals surface area contributed by atoms with Crippen LogP contribution in [0, 0.1) is 0 Å². The van der Waals surface area contributed by atoms with Gasteiger partial charge in [0.1, 0.15) is 18.1 Å². The molecule has 0 bridgehead atoms. The van der Waals surface area contributed by atoms with Crippen molar-refractivity contribution in [3.05, 3.63) is 58.6 Å². The number of nitrogens with two attached hydrogens (primary N) is 1. The highest BCUT2D eigenvalue weighted by Crippen LogP contribution is 2.33. The van der Waals surface area contributed by atoms with Crippen molar-refractivity contribution >= 4 is 11.6 Å². The van der Waals surface area contributed by atoms with E-state index < -0.39 is 0 Å². The van der Waals surface area contributed by atoms with Crippen LogP contribution in [0.5, 0.6) is 11.5 Å². The Morgan fingerprint density at radius 3 is 2.50 bits per heavy atom. The molecule has 0 amide bonds. The first-order valence-corrected chi connectivity index (χ1v) is 6.79. The lowest BCUT2D eigenvalue weighted by atomic mass is 10.1. The third kappa shape index (κ3) is 3.44. The molecule has 20 heavy (non-hydrogen) atoms. The zero-order chi connectivity index (χ0) is 14.5. The van der Waals surface area contributed by atoms with Crippen LogP contribution >= 0.6 is 11.6 Å². The molecule has 0 heterocycles. The van der Waals surface area contributed by atoms with Crippen molar-refractivity contribution in [2.24, 2.45) is 5.73 Å². The van der Waals surface area contributed by atoms with Crippen LogP contribution in [0.4, 0.5) is 0 Å². The van der Waals surface area contributed by atoms with Gasteiger partial charge in [0.25, 0.3) is 0 Å². The maximum absolute atomic E-state index is 6.00. The van der Waals surface area contributed by atoms with Crippen LogP contribution in [0.25, 0.3) is 0 Å². The SMILES string of the molecule is COc1cccc(OCc2cccc(Cl)c2)c1[C@H](C)N. The Kier molecular flexibility index (Phi) is 4.88. The Hall–Kier alpha value is -1.71. The summed E-state index contributed by atoms with van der Waals surface area (Å²) in [5, 5.41) is 0.698.